The molecule has 5 nitrogen and oxygen atoms in total. The fraction of sp³-hybridized carbons (Fsp3) is 0.900. The van der Waals surface area contributed by atoms with Crippen molar-refractivity contribution in [3.63, 3.8) is 0 Å². The number of hydrogen-bond donors (Lipinski definition) is 2. The number of guanidine groups is 1. The van der Waals surface area contributed by atoms with Gasteiger partial charge in [-0.15, -0.1) is 0 Å². The van der Waals surface area contributed by atoms with Crippen LogP contribution in [-0.2, 0) is 4.74 Å². The van der Waals surface area contributed by atoms with E-state index < -0.39 is 0 Å². The van der Waals surface area contributed by atoms with Crippen molar-refractivity contribution >= 4 is 5.96 Å². The second kappa shape index (κ2) is 7.48. The maximum absolute atomic E-state index is 5.67. The molecule has 0 aromatic rings. The van der Waals surface area contributed by atoms with Crippen LogP contribution in [0.1, 0.15) is 13.3 Å². The predicted octanol–water partition coefficient (Wildman–Crippen LogP) is -0.367. The standard InChI is InChI=1S/C10H22N4O/c1-2-3-12-10(11)13-4-5-14-6-8-15-9-7-14/h2-9H2,1H3,(H3,11,12,13). The highest BCUT2D eigenvalue weighted by atomic mass is 16.5. The van der Waals surface area contributed by atoms with E-state index in [1.165, 1.54) is 0 Å². The Labute approximate surface area is 91.7 Å². The zero-order chi connectivity index (χ0) is 10.9. The van der Waals surface area contributed by atoms with Gasteiger partial charge in [0, 0.05) is 32.7 Å². The Morgan fingerprint density at radius 3 is 2.87 bits per heavy atom. The summed E-state index contributed by atoms with van der Waals surface area (Å²) >= 11 is 0. The monoisotopic (exact) mass is 214 g/mol. The van der Waals surface area contributed by atoms with Gasteiger partial charge in [-0.3, -0.25) is 9.89 Å². The summed E-state index contributed by atoms with van der Waals surface area (Å²) in [5, 5.41) is 3.11. The van der Waals surface area contributed by atoms with E-state index in [0.29, 0.717) is 5.96 Å². The molecule has 0 radical (unpaired) electrons. The lowest BCUT2D eigenvalue weighted by molar-refractivity contribution is 0.0389. The van der Waals surface area contributed by atoms with Crippen LogP contribution in [0.25, 0.3) is 0 Å². The molecule has 0 unspecified atom stereocenters. The summed E-state index contributed by atoms with van der Waals surface area (Å²) in [7, 11) is 0. The lowest BCUT2D eigenvalue weighted by Crippen LogP contribution is -2.42. The molecule has 1 aliphatic rings. The fourth-order valence-corrected chi connectivity index (χ4v) is 1.46. The van der Waals surface area contributed by atoms with Crippen molar-refractivity contribution < 1.29 is 4.74 Å². The molecular weight excluding hydrogens is 192 g/mol. The number of hydrogen-bond acceptors (Lipinski definition) is 3. The van der Waals surface area contributed by atoms with E-state index in [0.717, 1.165) is 52.4 Å². The van der Waals surface area contributed by atoms with Gasteiger partial charge in [0.05, 0.1) is 13.2 Å². The highest BCUT2D eigenvalue weighted by molar-refractivity contribution is 5.77. The van der Waals surface area contributed by atoms with Gasteiger partial charge in [0.25, 0.3) is 0 Å². The van der Waals surface area contributed by atoms with Gasteiger partial charge < -0.3 is 15.8 Å². The molecule has 0 amide bonds. The van der Waals surface area contributed by atoms with Gasteiger partial charge in [-0.05, 0) is 6.42 Å². The van der Waals surface area contributed by atoms with E-state index in [9.17, 15) is 0 Å². The lowest BCUT2D eigenvalue weighted by Gasteiger charge is -2.26. The minimum atomic E-state index is 0.560. The van der Waals surface area contributed by atoms with E-state index in [2.05, 4.69) is 22.1 Å². The first kappa shape index (κ1) is 12.3. The number of morpholine rings is 1. The van der Waals surface area contributed by atoms with Crippen LogP contribution >= 0.6 is 0 Å². The van der Waals surface area contributed by atoms with Crippen LogP contribution in [0.15, 0.2) is 4.99 Å². The molecule has 0 aliphatic carbocycles. The summed E-state index contributed by atoms with van der Waals surface area (Å²) in [6.07, 6.45) is 1.03. The second-order valence-corrected chi connectivity index (χ2v) is 3.65. The third kappa shape index (κ3) is 5.59. The molecular formula is C10H22N4O. The van der Waals surface area contributed by atoms with Crippen molar-refractivity contribution in [3.05, 3.63) is 0 Å². The fourth-order valence-electron chi connectivity index (χ4n) is 1.46. The van der Waals surface area contributed by atoms with Crippen LogP contribution in [-0.4, -0.2) is 56.8 Å². The first-order chi connectivity index (χ1) is 7.33. The zero-order valence-electron chi connectivity index (χ0n) is 9.54. The van der Waals surface area contributed by atoms with Crippen LogP contribution in [0.5, 0.6) is 0 Å². The van der Waals surface area contributed by atoms with E-state index in [1.807, 2.05) is 0 Å². The van der Waals surface area contributed by atoms with E-state index in [-0.39, 0.29) is 0 Å². The van der Waals surface area contributed by atoms with Crippen molar-refractivity contribution in [2.45, 2.75) is 13.3 Å². The van der Waals surface area contributed by atoms with E-state index in [1.54, 1.807) is 0 Å². The topological polar surface area (TPSA) is 62.9 Å². The van der Waals surface area contributed by atoms with E-state index >= 15 is 0 Å². The van der Waals surface area contributed by atoms with Gasteiger partial charge in [0.1, 0.15) is 0 Å². The van der Waals surface area contributed by atoms with Crippen molar-refractivity contribution in [1.29, 1.82) is 0 Å². The summed E-state index contributed by atoms with van der Waals surface area (Å²) in [4.78, 5) is 6.53. The summed E-state index contributed by atoms with van der Waals surface area (Å²) in [5.74, 6) is 0.560. The van der Waals surface area contributed by atoms with Crippen molar-refractivity contribution in [1.82, 2.24) is 10.2 Å². The highest BCUT2D eigenvalue weighted by Crippen LogP contribution is 1.94. The molecule has 0 spiro atoms. The number of nitrogens with one attached hydrogen (secondary N) is 1. The Kier molecular flexibility index (Phi) is 6.11. The predicted molar refractivity (Wildman–Crippen MR) is 62.0 cm³/mol. The SMILES string of the molecule is CCCN=C(N)NCCN1CCOCC1. The summed E-state index contributed by atoms with van der Waals surface area (Å²) in [6.45, 7) is 8.49. The normalized spacial score (nSPS) is 19.1. The van der Waals surface area contributed by atoms with Gasteiger partial charge in [-0.2, -0.15) is 0 Å². The van der Waals surface area contributed by atoms with E-state index in [4.69, 9.17) is 10.5 Å². The third-order valence-corrected chi connectivity index (χ3v) is 2.34. The van der Waals surface area contributed by atoms with Gasteiger partial charge in [0.15, 0.2) is 5.96 Å². The Bertz CT molecular complexity index is 190. The number of aliphatic imine (C=N–C) groups is 1. The molecule has 1 saturated heterocycles. The molecule has 3 N–H and O–H groups in total. The molecule has 1 aliphatic heterocycles. The summed E-state index contributed by atoms with van der Waals surface area (Å²) in [6, 6.07) is 0. The summed E-state index contributed by atoms with van der Waals surface area (Å²) in [5.41, 5.74) is 5.67. The number of nitrogens with zero attached hydrogens (tertiary/aromatic N) is 2. The lowest BCUT2D eigenvalue weighted by atomic mass is 10.4. The smallest absolute Gasteiger partial charge is 0.188 e. The molecule has 0 aromatic heterocycles. The largest absolute Gasteiger partial charge is 0.379 e. The van der Waals surface area contributed by atoms with Gasteiger partial charge in [-0.25, -0.2) is 0 Å². The maximum Gasteiger partial charge on any atom is 0.188 e. The number of ether oxygens (including phenoxy) is 1. The van der Waals surface area contributed by atoms with Gasteiger partial charge >= 0.3 is 0 Å². The highest BCUT2D eigenvalue weighted by Gasteiger charge is 2.08. The van der Waals surface area contributed by atoms with Gasteiger partial charge in [0.2, 0.25) is 0 Å². The Balaban J connectivity index is 2.04. The summed E-state index contributed by atoms with van der Waals surface area (Å²) < 4.78 is 5.27. The molecule has 0 aromatic carbocycles. The molecule has 88 valence electrons. The van der Waals surface area contributed by atoms with Crippen LogP contribution in [0, 0.1) is 0 Å². The van der Waals surface area contributed by atoms with Crippen molar-refractivity contribution in [2.75, 3.05) is 45.9 Å². The van der Waals surface area contributed by atoms with Crippen LogP contribution in [0.4, 0.5) is 0 Å². The van der Waals surface area contributed by atoms with Crippen molar-refractivity contribution in [2.24, 2.45) is 10.7 Å². The van der Waals surface area contributed by atoms with Crippen LogP contribution in [0.3, 0.4) is 0 Å². The minimum absolute atomic E-state index is 0.560. The van der Waals surface area contributed by atoms with Crippen molar-refractivity contribution in [3.8, 4) is 0 Å². The van der Waals surface area contributed by atoms with Crippen LogP contribution in [0.2, 0.25) is 0 Å². The first-order valence-electron chi connectivity index (χ1n) is 5.67. The molecule has 5 heteroatoms. The average Bonchev–Trinajstić information content (AvgIpc) is 2.28. The Hall–Kier alpha value is -0.810. The number of rotatable bonds is 5. The average molecular weight is 214 g/mol. The first-order valence-corrected chi connectivity index (χ1v) is 5.67. The molecule has 0 bridgehead atoms. The number of nitrogens with two attached hydrogens (primary N) is 1. The molecule has 1 rings (SSSR count). The zero-order valence-corrected chi connectivity index (χ0v) is 9.54. The van der Waals surface area contributed by atoms with Crippen LogP contribution < -0.4 is 11.1 Å². The molecule has 0 saturated carbocycles. The van der Waals surface area contributed by atoms with Gasteiger partial charge in [-0.1, -0.05) is 6.92 Å². The maximum atomic E-state index is 5.67. The molecule has 0 atom stereocenters. The molecule has 15 heavy (non-hydrogen) atoms. The molecule has 1 heterocycles. The minimum Gasteiger partial charge on any atom is -0.379 e. The molecule has 1 fully saturated rings. The third-order valence-electron chi connectivity index (χ3n) is 2.34. The quantitative estimate of drug-likeness (QED) is 0.484. The Morgan fingerprint density at radius 2 is 2.20 bits per heavy atom. The second-order valence-electron chi connectivity index (χ2n) is 3.65. The Morgan fingerprint density at radius 1 is 1.47 bits per heavy atom.